The maximum Gasteiger partial charge on any atom is 0.136 e. The summed E-state index contributed by atoms with van der Waals surface area (Å²) in [6, 6.07) is 78.4. The summed E-state index contributed by atoms with van der Waals surface area (Å²) >= 11 is 0. The second-order valence-electron chi connectivity index (χ2n) is 18.4. The third-order valence-electron chi connectivity index (χ3n) is 14.8. The first-order chi connectivity index (χ1) is 32.5. The molecule has 0 radical (unpaired) electrons. The second kappa shape index (κ2) is 16.4. The van der Waals surface area contributed by atoms with Gasteiger partial charge in [0.1, 0.15) is 11.2 Å². The molecule has 0 aliphatic heterocycles. The highest BCUT2D eigenvalue weighted by molar-refractivity contribution is 6.20. The Kier molecular flexibility index (Phi) is 9.90. The normalized spacial score (nSPS) is 18.3. The predicted octanol–water partition coefficient (Wildman–Crippen LogP) is 17.7. The van der Waals surface area contributed by atoms with Crippen molar-refractivity contribution in [1.82, 2.24) is 4.57 Å². The molecule has 0 amide bonds. The van der Waals surface area contributed by atoms with Crippen LogP contribution in [-0.4, -0.2) is 4.57 Å². The van der Waals surface area contributed by atoms with Crippen LogP contribution >= 0.6 is 0 Å². The van der Waals surface area contributed by atoms with Crippen molar-refractivity contribution in [3.8, 4) is 27.9 Å². The Morgan fingerprint density at radius 2 is 0.970 bits per heavy atom. The van der Waals surface area contributed by atoms with Crippen molar-refractivity contribution in [1.29, 1.82) is 0 Å². The number of para-hydroxylation sites is 1. The molecule has 4 unspecified atom stereocenters. The molecule has 2 aromatic heterocycles. The standard InChI is InChI=1S/C64H51NO/c1-4-43-38-55(41(2)42(3)62(54-25-12-11-24-53(43)54)49-32-29-46(30-33-49)44-16-7-5-8-17-44)51-35-37-59-57(40-51)56-39-50(34-36-58(56)65(59)52-22-9-6-10-23-52)45-18-13-19-47-20-14-26-60-63(47)64-48(31-28-45)21-15-27-61(64)66-60/h5-43,62H,4H2,1-3H3/b18-13?,19-13?,31-28?,45-18?,45-28?,47-19?,48-31?,55-38+. The fraction of sp³-hybridized carbons (Fsp3) is 0.125. The molecule has 0 bridgehead atoms. The van der Waals surface area contributed by atoms with E-state index in [2.05, 4.69) is 244 Å². The zero-order valence-electron chi connectivity index (χ0n) is 37.7. The molecular weight excluding hydrogens is 799 g/mol. The van der Waals surface area contributed by atoms with Gasteiger partial charge in [0.25, 0.3) is 0 Å². The van der Waals surface area contributed by atoms with E-state index in [0.717, 1.165) is 50.4 Å². The van der Waals surface area contributed by atoms with E-state index in [-0.39, 0.29) is 11.8 Å². The highest BCUT2D eigenvalue weighted by atomic mass is 16.3. The van der Waals surface area contributed by atoms with Crippen molar-refractivity contribution in [2.45, 2.75) is 39.0 Å². The van der Waals surface area contributed by atoms with Gasteiger partial charge in [0.2, 0.25) is 0 Å². The number of fused-ring (bicyclic) bond motifs is 4. The third-order valence-corrected chi connectivity index (χ3v) is 14.8. The lowest BCUT2D eigenvalue weighted by atomic mass is 9.67. The molecule has 318 valence electrons. The molecule has 0 spiro atoms. The van der Waals surface area contributed by atoms with Gasteiger partial charge in [0, 0.05) is 39.1 Å². The van der Waals surface area contributed by atoms with E-state index in [0.29, 0.717) is 11.8 Å². The van der Waals surface area contributed by atoms with Crippen LogP contribution in [0.25, 0.3) is 88.0 Å². The molecule has 0 saturated carbocycles. The molecule has 0 fully saturated rings. The first-order valence-electron chi connectivity index (χ1n) is 23.6. The minimum absolute atomic E-state index is 0.248. The van der Waals surface area contributed by atoms with Gasteiger partial charge in [-0.25, -0.2) is 0 Å². The highest BCUT2D eigenvalue weighted by Crippen LogP contribution is 2.48. The van der Waals surface area contributed by atoms with E-state index in [1.807, 2.05) is 0 Å². The van der Waals surface area contributed by atoms with Crippen molar-refractivity contribution in [2.75, 3.05) is 0 Å². The van der Waals surface area contributed by atoms with E-state index < -0.39 is 0 Å². The maximum absolute atomic E-state index is 6.35. The Hall–Kier alpha value is -7.68. The van der Waals surface area contributed by atoms with Crippen LogP contribution in [0.3, 0.4) is 0 Å². The molecule has 1 aliphatic carbocycles. The molecule has 4 atom stereocenters. The summed E-state index contributed by atoms with van der Waals surface area (Å²) in [7, 11) is 0. The van der Waals surface area contributed by atoms with Crippen LogP contribution in [-0.2, 0) is 0 Å². The molecule has 1 aliphatic rings. The van der Waals surface area contributed by atoms with Crippen molar-refractivity contribution in [2.24, 2.45) is 11.8 Å². The Balaban J connectivity index is 1.02. The molecule has 2 nitrogen and oxygen atoms in total. The summed E-state index contributed by atoms with van der Waals surface area (Å²) < 4.78 is 8.79. The quantitative estimate of drug-likeness (QED) is 0.163. The van der Waals surface area contributed by atoms with Gasteiger partial charge < -0.3 is 8.98 Å². The molecule has 11 aromatic rings. The Bertz CT molecular complexity index is 3660. The monoisotopic (exact) mass is 849 g/mol. The third kappa shape index (κ3) is 6.71. The molecule has 12 rings (SSSR count). The average molecular weight is 850 g/mol. The molecule has 9 aromatic carbocycles. The molecular formula is C64H51NO. The largest absolute Gasteiger partial charge is 0.456 e. The van der Waals surface area contributed by atoms with Crippen molar-refractivity contribution in [3.05, 3.63) is 241 Å². The van der Waals surface area contributed by atoms with Crippen LogP contribution in [0.1, 0.15) is 61.3 Å². The van der Waals surface area contributed by atoms with Crippen LogP contribution in [0.4, 0.5) is 0 Å². The van der Waals surface area contributed by atoms with Crippen LogP contribution in [0.5, 0.6) is 0 Å². The molecule has 2 heterocycles. The van der Waals surface area contributed by atoms with Crippen molar-refractivity contribution in [3.63, 3.8) is 0 Å². The summed E-state index contributed by atoms with van der Waals surface area (Å²) in [6.45, 7) is 7.29. The summed E-state index contributed by atoms with van der Waals surface area (Å²) in [5, 5.41) is 7.14. The summed E-state index contributed by atoms with van der Waals surface area (Å²) in [4.78, 5) is 0. The van der Waals surface area contributed by atoms with E-state index in [1.165, 1.54) is 66.3 Å². The molecule has 66 heavy (non-hydrogen) atoms. The predicted molar refractivity (Wildman–Crippen MR) is 279 cm³/mol. The zero-order valence-corrected chi connectivity index (χ0v) is 37.7. The van der Waals surface area contributed by atoms with E-state index >= 15 is 0 Å². The minimum atomic E-state index is 0.248. The van der Waals surface area contributed by atoms with Gasteiger partial charge in [-0.1, -0.05) is 191 Å². The van der Waals surface area contributed by atoms with Gasteiger partial charge in [0.05, 0.1) is 11.0 Å². The fourth-order valence-electron chi connectivity index (χ4n) is 11.3. The van der Waals surface area contributed by atoms with Gasteiger partial charge in [-0.3, -0.25) is 0 Å². The van der Waals surface area contributed by atoms with Gasteiger partial charge in [0.15, 0.2) is 0 Å². The average Bonchev–Trinajstić information content (AvgIpc) is 3.92. The number of allylic oxidation sites excluding steroid dienone is 2. The van der Waals surface area contributed by atoms with Crippen LogP contribution in [0, 0.1) is 11.8 Å². The van der Waals surface area contributed by atoms with Crippen molar-refractivity contribution >= 4 is 60.1 Å². The van der Waals surface area contributed by atoms with Crippen molar-refractivity contribution < 1.29 is 4.42 Å². The van der Waals surface area contributed by atoms with Gasteiger partial charge in [-0.05, 0) is 128 Å². The highest BCUT2D eigenvalue weighted by Gasteiger charge is 2.34. The number of furan rings is 1. The summed E-state index contributed by atoms with van der Waals surface area (Å²) in [6.07, 6.45) is 3.65. The van der Waals surface area contributed by atoms with E-state index in [4.69, 9.17) is 4.42 Å². The van der Waals surface area contributed by atoms with Crippen LogP contribution < -0.4 is 0 Å². The fourth-order valence-corrected chi connectivity index (χ4v) is 11.3. The Labute approximate surface area is 386 Å². The number of hydrogen-bond acceptors (Lipinski definition) is 1. The lowest BCUT2D eigenvalue weighted by Crippen LogP contribution is -2.24. The molecule has 0 saturated heterocycles. The topological polar surface area (TPSA) is 18.1 Å². The SMILES string of the molecule is CCC1/C=C(/c2ccc3c(c2)c2cc(-c4cccc5cccc6oc7cccc(cc4)c7c56)ccc2n3-c2ccccc2)C(C)C(C)C(c2ccc(-c3ccccc3)cc2)c2ccccc21. The van der Waals surface area contributed by atoms with Crippen LogP contribution in [0.2, 0.25) is 0 Å². The van der Waals surface area contributed by atoms with Gasteiger partial charge >= 0.3 is 0 Å². The molecule has 0 N–H and O–H groups in total. The number of aromatic nitrogens is 1. The summed E-state index contributed by atoms with van der Waals surface area (Å²) in [5.74, 6) is 1.16. The Morgan fingerprint density at radius 3 is 1.65 bits per heavy atom. The first-order valence-corrected chi connectivity index (χ1v) is 23.6. The van der Waals surface area contributed by atoms with Crippen LogP contribution in [0.15, 0.2) is 223 Å². The smallest absolute Gasteiger partial charge is 0.136 e. The number of rotatable bonds is 6. The molecule has 2 heteroatoms. The number of benzene rings is 8. The number of nitrogens with zero attached hydrogens (tertiary/aromatic N) is 1. The Morgan fingerprint density at radius 1 is 0.455 bits per heavy atom. The maximum atomic E-state index is 6.35. The van der Waals surface area contributed by atoms with E-state index in [9.17, 15) is 0 Å². The second-order valence-corrected chi connectivity index (χ2v) is 18.4. The summed E-state index contributed by atoms with van der Waals surface area (Å²) in [5.41, 5.74) is 17.2. The zero-order chi connectivity index (χ0) is 44.3. The lowest BCUT2D eigenvalue weighted by Gasteiger charge is -2.36. The first kappa shape index (κ1) is 39.9. The number of hydrogen-bond donors (Lipinski definition) is 0. The lowest BCUT2D eigenvalue weighted by molar-refractivity contribution is 0.415. The van der Waals surface area contributed by atoms with Gasteiger partial charge in [-0.2, -0.15) is 0 Å². The van der Waals surface area contributed by atoms with Gasteiger partial charge in [-0.15, -0.1) is 0 Å². The minimum Gasteiger partial charge on any atom is -0.456 e. The van der Waals surface area contributed by atoms with E-state index in [1.54, 1.807) is 0 Å².